The molecule has 0 saturated heterocycles. The van der Waals surface area contributed by atoms with Crippen LogP contribution in [0.15, 0.2) is 60.7 Å². The van der Waals surface area contributed by atoms with Crippen LogP contribution in [0.2, 0.25) is 0 Å². The highest BCUT2D eigenvalue weighted by Gasteiger charge is 2.12. The molecule has 0 aliphatic heterocycles. The van der Waals surface area contributed by atoms with Crippen LogP contribution in [0.25, 0.3) is 0 Å². The van der Waals surface area contributed by atoms with Crippen LogP contribution >= 0.6 is 0 Å². The molecule has 0 saturated carbocycles. The molecule has 1 nitrogen and oxygen atoms in total. The van der Waals surface area contributed by atoms with E-state index in [0.29, 0.717) is 12.1 Å². The summed E-state index contributed by atoms with van der Waals surface area (Å²) < 4.78 is 0. The maximum absolute atomic E-state index is 3.73. The summed E-state index contributed by atoms with van der Waals surface area (Å²) in [5.41, 5.74) is 2.76. The minimum atomic E-state index is 0.398. The second-order valence-corrected chi connectivity index (χ2v) is 5.09. The molecular weight excluding hydrogens is 230 g/mol. The van der Waals surface area contributed by atoms with Crippen molar-refractivity contribution in [2.75, 3.05) is 0 Å². The molecule has 100 valence electrons. The molecule has 2 aromatic carbocycles. The summed E-state index contributed by atoms with van der Waals surface area (Å²) in [4.78, 5) is 0. The Morgan fingerprint density at radius 3 is 2.05 bits per heavy atom. The van der Waals surface area contributed by atoms with E-state index in [1.54, 1.807) is 0 Å². The van der Waals surface area contributed by atoms with E-state index in [9.17, 15) is 0 Å². The standard InChI is InChI=1S/C18H23N/c1-3-18(14-16-10-6-4-7-11-16)19-15(2)17-12-8-5-9-13-17/h4-13,15,18-19H,3,14H2,1-2H3. The van der Waals surface area contributed by atoms with Gasteiger partial charge in [0.25, 0.3) is 0 Å². The van der Waals surface area contributed by atoms with E-state index >= 15 is 0 Å². The zero-order valence-electron chi connectivity index (χ0n) is 11.8. The number of rotatable bonds is 6. The Labute approximate surface area is 116 Å². The summed E-state index contributed by atoms with van der Waals surface area (Å²) in [6.07, 6.45) is 2.24. The average molecular weight is 253 g/mol. The SMILES string of the molecule is CCC(Cc1ccccc1)NC(C)c1ccccc1. The summed E-state index contributed by atoms with van der Waals surface area (Å²) in [7, 11) is 0. The molecule has 1 heteroatoms. The van der Waals surface area contributed by atoms with Crippen LogP contribution in [0.5, 0.6) is 0 Å². The summed E-state index contributed by atoms with van der Waals surface area (Å²) >= 11 is 0. The highest BCUT2D eigenvalue weighted by atomic mass is 14.9. The maximum Gasteiger partial charge on any atom is 0.0294 e. The van der Waals surface area contributed by atoms with Crippen LogP contribution < -0.4 is 5.32 Å². The lowest BCUT2D eigenvalue weighted by Gasteiger charge is -2.22. The van der Waals surface area contributed by atoms with E-state index in [1.807, 2.05) is 0 Å². The molecule has 0 bridgehead atoms. The van der Waals surface area contributed by atoms with E-state index in [4.69, 9.17) is 0 Å². The van der Waals surface area contributed by atoms with Crippen molar-refractivity contribution in [3.8, 4) is 0 Å². The smallest absolute Gasteiger partial charge is 0.0294 e. The molecule has 1 N–H and O–H groups in total. The third kappa shape index (κ3) is 4.22. The largest absolute Gasteiger partial charge is 0.307 e. The molecule has 0 fully saturated rings. The fraction of sp³-hybridized carbons (Fsp3) is 0.333. The van der Waals surface area contributed by atoms with Gasteiger partial charge in [0.1, 0.15) is 0 Å². The quantitative estimate of drug-likeness (QED) is 0.806. The maximum atomic E-state index is 3.73. The minimum Gasteiger partial charge on any atom is -0.307 e. The van der Waals surface area contributed by atoms with Gasteiger partial charge in [-0.1, -0.05) is 67.6 Å². The summed E-state index contributed by atoms with van der Waals surface area (Å²) in [5, 5.41) is 3.73. The zero-order valence-corrected chi connectivity index (χ0v) is 11.8. The summed E-state index contributed by atoms with van der Waals surface area (Å²) in [6.45, 7) is 4.49. The lowest BCUT2D eigenvalue weighted by molar-refractivity contribution is 0.440. The van der Waals surface area contributed by atoms with E-state index < -0.39 is 0 Å². The van der Waals surface area contributed by atoms with E-state index in [0.717, 1.165) is 12.8 Å². The lowest BCUT2D eigenvalue weighted by atomic mass is 10.0. The van der Waals surface area contributed by atoms with E-state index in [1.165, 1.54) is 11.1 Å². The van der Waals surface area contributed by atoms with Crippen LogP contribution in [0.1, 0.15) is 37.4 Å². The molecular formula is C18H23N. The normalized spacial score (nSPS) is 14.0. The second kappa shape index (κ2) is 7.10. The Hall–Kier alpha value is -1.60. The van der Waals surface area contributed by atoms with Crippen molar-refractivity contribution in [1.82, 2.24) is 5.32 Å². The first-order valence-electron chi connectivity index (χ1n) is 7.14. The zero-order chi connectivity index (χ0) is 13.5. The molecule has 0 aliphatic carbocycles. The molecule has 2 unspecified atom stereocenters. The number of nitrogens with one attached hydrogen (secondary N) is 1. The Morgan fingerprint density at radius 1 is 0.895 bits per heavy atom. The fourth-order valence-corrected chi connectivity index (χ4v) is 2.41. The Balaban J connectivity index is 1.96. The topological polar surface area (TPSA) is 12.0 Å². The highest BCUT2D eigenvalue weighted by Crippen LogP contribution is 2.14. The number of hydrogen-bond donors (Lipinski definition) is 1. The van der Waals surface area contributed by atoms with Crippen LogP contribution in [0.3, 0.4) is 0 Å². The van der Waals surface area contributed by atoms with Crippen molar-refractivity contribution in [2.45, 2.75) is 38.8 Å². The van der Waals surface area contributed by atoms with Crippen molar-refractivity contribution >= 4 is 0 Å². The second-order valence-electron chi connectivity index (χ2n) is 5.09. The molecule has 0 aromatic heterocycles. The Kier molecular flexibility index (Phi) is 5.17. The van der Waals surface area contributed by atoms with Crippen molar-refractivity contribution in [1.29, 1.82) is 0 Å². The van der Waals surface area contributed by atoms with E-state index in [-0.39, 0.29) is 0 Å². The molecule has 0 spiro atoms. The van der Waals surface area contributed by atoms with Crippen molar-refractivity contribution in [3.63, 3.8) is 0 Å². The van der Waals surface area contributed by atoms with Gasteiger partial charge in [-0.25, -0.2) is 0 Å². The van der Waals surface area contributed by atoms with Gasteiger partial charge >= 0.3 is 0 Å². The van der Waals surface area contributed by atoms with Crippen molar-refractivity contribution in [2.24, 2.45) is 0 Å². The predicted molar refractivity (Wildman–Crippen MR) is 82.2 cm³/mol. The molecule has 0 radical (unpaired) electrons. The minimum absolute atomic E-state index is 0.398. The molecule has 19 heavy (non-hydrogen) atoms. The van der Waals surface area contributed by atoms with Gasteiger partial charge in [-0.15, -0.1) is 0 Å². The third-order valence-corrected chi connectivity index (χ3v) is 3.60. The average Bonchev–Trinajstić information content (AvgIpc) is 2.48. The predicted octanol–water partition coefficient (Wildman–Crippen LogP) is 4.36. The van der Waals surface area contributed by atoms with E-state index in [2.05, 4.69) is 79.8 Å². The summed E-state index contributed by atoms with van der Waals surface area (Å²) in [6, 6.07) is 22.3. The first-order valence-corrected chi connectivity index (χ1v) is 7.14. The Bertz CT molecular complexity index is 464. The summed E-state index contributed by atoms with van der Waals surface area (Å²) in [5.74, 6) is 0. The van der Waals surface area contributed by atoms with Gasteiger partial charge in [-0.3, -0.25) is 0 Å². The van der Waals surface area contributed by atoms with Crippen molar-refractivity contribution in [3.05, 3.63) is 71.8 Å². The third-order valence-electron chi connectivity index (χ3n) is 3.60. The first-order chi connectivity index (χ1) is 9.29. The van der Waals surface area contributed by atoms with Crippen LogP contribution in [0.4, 0.5) is 0 Å². The number of hydrogen-bond acceptors (Lipinski definition) is 1. The highest BCUT2D eigenvalue weighted by molar-refractivity contribution is 5.19. The number of benzene rings is 2. The molecule has 0 aliphatic rings. The van der Waals surface area contributed by atoms with Gasteiger partial charge in [0.05, 0.1) is 0 Å². The van der Waals surface area contributed by atoms with Gasteiger partial charge in [-0.2, -0.15) is 0 Å². The van der Waals surface area contributed by atoms with Gasteiger partial charge in [0.15, 0.2) is 0 Å². The van der Waals surface area contributed by atoms with Crippen molar-refractivity contribution < 1.29 is 0 Å². The Morgan fingerprint density at radius 2 is 1.47 bits per heavy atom. The van der Waals surface area contributed by atoms with Crippen LogP contribution in [0, 0.1) is 0 Å². The van der Waals surface area contributed by atoms with Gasteiger partial charge in [0, 0.05) is 12.1 Å². The lowest BCUT2D eigenvalue weighted by Crippen LogP contribution is -2.32. The van der Waals surface area contributed by atoms with Gasteiger partial charge in [-0.05, 0) is 30.9 Å². The molecule has 2 rings (SSSR count). The van der Waals surface area contributed by atoms with Crippen LogP contribution in [-0.2, 0) is 6.42 Å². The van der Waals surface area contributed by atoms with Gasteiger partial charge < -0.3 is 5.32 Å². The molecule has 0 amide bonds. The van der Waals surface area contributed by atoms with Gasteiger partial charge in [0.2, 0.25) is 0 Å². The monoisotopic (exact) mass is 253 g/mol. The fourth-order valence-electron chi connectivity index (χ4n) is 2.41. The molecule has 2 aromatic rings. The molecule has 0 heterocycles. The first kappa shape index (κ1) is 13.8. The van der Waals surface area contributed by atoms with Crippen LogP contribution in [-0.4, -0.2) is 6.04 Å². The molecule has 2 atom stereocenters.